The van der Waals surface area contributed by atoms with Crippen LogP contribution in [-0.4, -0.2) is 20.3 Å². The molecule has 0 aromatic heterocycles. The summed E-state index contributed by atoms with van der Waals surface area (Å²) in [7, 11) is -3.23. The maximum Gasteiger partial charge on any atom is 0.209 e. The van der Waals surface area contributed by atoms with Crippen molar-refractivity contribution < 1.29 is 13.2 Å². The second kappa shape index (κ2) is 5.04. The minimum Gasteiger partial charge on any atom is -0.487 e. The van der Waals surface area contributed by atoms with Crippen LogP contribution in [0.15, 0.2) is 24.3 Å². The topological polar surface area (TPSA) is 55.4 Å². The van der Waals surface area contributed by atoms with Crippen LogP contribution in [0.4, 0.5) is 0 Å². The largest absolute Gasteiger partial charge is 0.487 e. The molecule has 0 unspecified atom stereocenters. The first-order valence-electron chi connectivity index (χ1n) is 7.23. The highest BCUT2D eigenvalue weighted by Crippen LogP contribution is 2.46. The predicted octanol–water partition coefficient (Wildman–Crippen LogP) is 2.76. The van der Waals surface area contributed by atoms with Crippen molar-refractivity contribution in [2.75, 3.05) is 6.26 Å². The molecular weight excluding hydrogens is 274 g/mol. The number of fused-ring (bicyclic) bond motifs is 1. The first kappa shape index (κ1) is 13.9. The Hall–Kier alpha value is -1.07. The third kappa shape index (κ3) is 2.83. The molecular formula is C15H21NO3S. The summed E-state index contributed by atoms with van der Waals surface area (Å²) in [5.41, 5.74) is 0.767. The maximum atomic E-state index is 11.6. The molecule has 1 aromatic rings. The van der Waals surface area contributed by atoms with E-state index in [1.165, 1.54) is 12.7 Å². The molecule has 1 N–H and O–H groups in total. The van der Waals surface area contributed by atoms with Crippen LogP contribution in [-0.2, 0) is 10.0 Å². The Kier molecular flexibility index (Phi) is 3.50. The van der Waals surface area contributed by atoms with E-state index in [2.05, 4.69) is 4.72 Å². The molecule has 1 heterocycles. The summed E-state index contributed by atoms with van der Waals surface area (Å²) >= 11 is 0. The van der Waals surface area contributed by atoms with Crippen molar-refractivity contribution >= 4 is 10.0 Å². The molecule has 1 atom stereocenters. The number of hydrogen-bond donors (Lipinski definition) is 1. The minimum atomic E-state index is -3.23. The Labute approximate surface area is 120 Å². The summed E-state index contributed by atoms with van der Waals surface area (Å²) in [5.74, 6) is 0.835. The van der Waals surface area contributed by atoms with Gasteiger partial charge in [0.2, 0.25) is 10.0 Å². The molecule has 0 amide bonds. The zero-order chi connectivity index (χ0) is 14.2. The molecule has 4 nitrogen and oxygen atoms in total. The van der Waals surface area contributed by atoms with Crippen molar-refractivity contribution in [3.05, 3.63) is 29.8 Å². The van der Waals surface area contributed by atoms with E-state index in [4.69, 9.17) is 4.74 Å². The molecule has 1 fully saturated rings. The summed E-state index contributed by atoms with van der Waals surface area (Å²) < 4.78 is 32.3. The van der Waals surface area contributed by atoms with Crippen LogP contribution in [0.3, 0.4) is 0 Å². The van der Waals surface area contributed by atoms with Crippen LogP contribution in [0, 0.1) is 0 Å². The van der Waals surface area contributed by atoms with E-state index in [-0.39, 0.29) is 11.6 Å². The lowest BCUT2D eigenvalue weighted by molar-refractivity contribution is 0.0000985. The number of para-hydroxylation sites is 1. The number of rotatable bonds is 2. The van der Waals surface area contributed by atoms with E-state index in [0.29, 0.717) is 0 Å². The Morgan fingerprint density at radius 3 is 2.60 bits per heavy atom. The van der Waals surface area contributed by atoms with Crippen LogP contribution in [0.2, 0.25) is 0 Å². The van der Waals surface area contributed by atoms with Crippen molar-refractivity contribution in [1.29, 1.82) is 0 Å². The molecule has 1 saturated carbocycles. The molecule has 20 heavy (non-hydrogen) atoms. The van der Waals surface area contributed by atoms with Crippen molar-refractivity contribution in [2.24, 2.45) is 0 Å². The van der Waals surface area contributed by atoms with Gasteiger partial charge in [-0.15, -0.1) is 0 Å². The molecule has 1 aliphatic heterocycles. The number of sulfonamides is 1. The second-order valence-electron chi connectivity index (χ2n) is 6.03. The Morgan fingerprint density at radius 2 is 1.90 bits per heavy atom. The van der Waals surface area contributed by atoms with E-state index >= 15 is 0 Å². The van der Waals surface area contributed by atoms with Crippen molar-refractivity contribution in [2.45, 2.75) is 50.2 Å². The molecule has 0 bridgehead atoms. The van der Waals surface area contributed by atoms with Gasteiger partial charge in [0.1, 0.15) is 11.4 Å². The molecule has 0 saturated heterocycles. The normalized spacial score (nSPS) is 24.9. The molecule has 3 rings (SSSR count). The van der Waals surface area contributed by atoms with Gasteiger partial charge in [-0.2, -0.15) is 0 Å². The van der Waals surface area contributed by atoms with Gasteiger partial charge in [0.15, 0.2) is 0 Å². The van der Waals surface area contributed by atoms with Gasteiger partial charge in [-0.1, -0.05) is 24.6 Å². The second-order valence-corrected chi connectivity index (χ2v) is 7.81. The molecule has 1 aliphatic carbocycles. The maximum absolute atomic E-state index is 11.6. The van der Waals surface area contributed by atoms with Crippen LogP contribution in [0.25, 0.3) is 0 Å². The Morgan fingerprint density at radius 1 is 1.20 bits per heavy atom. The average Bonchev–Trinajstić information content (AvgIpc) is 2.37. The van der Waals surface area contributed by atoms with E-state index in [0.717, 1.165) is 43.4 Å². The molecule has 5 heteroatoms. The van der Waals surface area contributed by atoms with Crippen LogP contribution < -0.4 is 9.46 Å². The molecule has 110 valence electrons. The number of nitrogens with one attached hydrogen (secondary N) is 1. The fourth-order valence-corrected chi connectivity index (χ4v) is 4.21. The standard InChI is InChI=1S/C15H21NO3S/c1-20(17,18)16-13-11-15(9-5-2-6-10-15)19-14-8-4-3-7-12(13)14/h3-4,7-8,13,16H,2,5-6,9-11H2,1H3/t13-/m1/s1. The van der Waals surface area contributed by atoms with Crippen LogP contribution in [0.1, 0.15) is 50.1 Å². The van der Waals surface area contributed by atoms with Gasteiger partial charge in [-0.3, -0.25) is 0 Å². The summed E-state index contributed by atoms with van der Waals surface area (Å²) in [5, 5.41) is 0. The van der Waals surface area contributed by atoms with Gasteiger partial charge in [0.05, 0.1) is 12.3 Å². The summed E-state index contributed by atoms with van der Waals surface area (Å²) in [6, 6.07) is 7.60. The SMILES string of the molecule is CS(=O)(=O)N[C@@H]1CC2(CCCCC2)Oc2ccccc21. The fourth-order valence-electron chi connectivity index (χ4n) is 3.48. The summed E-state index contributed by atoms with van der Waals surface area (Å²) in [6.07, 6.45) is 7.56. The average molecular weight is 295 g/mol. The molecule has 1 spiro atoms. The quantitative estimate of drug-likeness (QED) is 0.912. The van der Waals surface area contributed by atoms with E-state index < -0.39 is 10.0 Å². The van der Waals surface area contributed by atoms with E-state index in [9.17, 15) is 8.42 Å². The first-order valence-corrected chi connectivity index (χ1v) is 9.12. The molecule has 2 aliphatic rings. The van der Waals surface area contributed by atoms with Crippen LogP contribution >= 0.6 is 0 Å². The third-order valence-corrected chi connectivity index (χ3v) is 5.03. The van der Waals surface area contributed by atoms with E-state index in [1.54, 1.807) is 0 Å². The van der Waals surface area contributed by atoms with Crippen LogP contribution in [0.5, 0.6) is 5.75 Å². The summed E-state index contributed by atoms with van der Waals surface area (Å²) in [6.45, 7) is 0. The lowest BCUT2D eigenvalue weighted by atomic mass is 9.77. The highest BCUT2D eigenvalue weighted by atomic mass is 32.2. The Bertz CT molecular complexity index is 591. The zero-order valence-corrected chi connectivity index (χ0v) is 12.6. The minimum absolute atomic E-state index is 0.173. The summed E-state index contributed by atoms with van der Waals surface area (Å²) in [4.78, 5) is 0. The Balaban J connectivity index is 1.96. The number of benzene rings is 1. The highest BCUT2D eigenvalue weighted by molar-refractivity contribution is 7.88. The lowest BCUT2D eigenvalue weighted by Crippen LogP contribution is -2.46. The third-order valence-electron chi connectivity index (χ3n) is 4.32. The van der Waals surface area contributed by atoms with Gasteiger partial charge >= 0.3 is 0 Å². The number of ether oxygens (including phenoxy) is 1. The monoisotopic (exact) mass is 295 g/mol. The van der Waals surface area contributed by atoms with Crippen molar-refractivity contribution in [3.8, 4) is 5.75 Å². The lowest BCUT2D eigenvalue weighted by Gasteiger charge is -2.44. The first-order chi connectivity index (χ1) is 9.48. The number of hydrogen-bond acceptors (Lipinski definition) is 3. The van der Waals surface area contributed by atoms with E-state index in [1.807, 2.05) is 24.3 Å². The van der Waals surface area contributed by atoms with Gasteiger partial charge in [-0.05, 0) is 31.7 Å². The molecule has 0 radical (unpaired) electrons. The highest BCUT2D eigenvalue weighted by Gasteiger charge is 2.42. The van der Waals surface area contributed by atoms with Gasteiger partial charge in [0.25, 0.3) is 0 Å². The van der Waals surface area contributed by atoms with Gasteiger partial charge < -0.3 is 4.74 Å². The van der Waals surface area contributed by atoms with Crippen molar-refractivity contribution in [3.63, 3.8) is 0 Å². The molecule has 1 aromatic carbocycles. The smallest absolute Gasteiger partial charge is 0.209 e. The predicted molar refractivity (Wildman–Crippen MR) is 78.2 cm³/mol. The van der Waals surface area contributed by atoms with Crippen molar-refractivity contribution in [1.82, 2.24) is 4.72 Å². The van der Waals surface area contributed by atoms with Gasteiger partial charge in [-0.25, -0.2) is 13.1 Å². The fraction of sp³-hybridized carbons (Fsp3) is 0.600. The van der Waals surface area contributed by atoms with Gasteiger partial charge in [0, 0.05) is 12.0 Å². The zero-order valence-electron chi connectivity index (χ0n) is 11.8.